The molecule has 2 amide bonds. The molecule has 3 rings (SSSR count). The van der Waals surface area contributed by atoms with Crippen LogP contribution in [0.3, 0.4) is 0 Å². The smallest absolute Gasteiger partial charge is 0.260 e. The third-order valence-corrected chi connectivity index (χ3v) is 5.45. The lowest BCUT2D eigenvalue weighted by Gasteiger charge is -2.50. The molecule has 1 aromatic heterocycles. The normalized spacial score (nSPS) is 22.1. The summed E-state index contributed by atoms with van der Waals surface area (Å²) >= 11 is 0. The zero-order valence-corrected chi connectivity index (χ0v) is 15.2. The van der Waals surface area contributed by atoms with Crippen molar-refractivity contribution in [3.05, 3.63) is 17.7 Å². The zero-order chi connectivity index (χ0) is 18.7. The van der Waals surface area contributed by atoms with Gasteiger partial charge in [-0.2, -0.15) is 4.98 Å². The lowest BCUT2D eigenvalue weighted by atomic mass is 9.67. The molecule has 2 aliphatic rings. The largest absolute Gasteiger partial charge is 0.481 e. The molecule has 8 nitrogen and oxygen atoms in total. The van der Waals surface area contributed by atoms with Crippen LogP contribution in [0.15, 0.2) is 12.1 Å². The number of nitrogens with zero attached hydrogens (tertiary/aromatic N) is 2. The molecule has 2 fully saturated rings. The molecular formula is C18H25N3O5. The van der Waals surface area contributed by atoms with Crippen LogP contribution in [0.1, 0.15) is 36.0 Å². The van der Waals surface area contributed by atoms with E-state index in [0.29, 0.717) is 31.2 Å². The second-order valence-corrected chi connectivity index (χ2v) is 6.79. The first-order valence-corrected chi connectivity index (χ1v) is 8.79. The number of carbonyl (C=O) groups excluding carboxylic acids is 2. The van der Waals surface area contributed by atoms with Gasteiger partial charge in [0, 0.05) is 31.2 Å². The molecule has 2 aliphatic heterocycles. The van der Waals surface area contributed by atoms with Gasteiger partial charge in [0.15, 0.2) is 0 Å². The highest BCUT2D eigenvalue weighted by Crippen LogP contribution is 2.44. The summed E-state index contributed by atoms with van der Waals surface area (Å²) in [5.41, 5.74) is 5.74. The van der Waals surface area contributed by atoms with E-state index >= 15 is 0 Å². The minimum atomic E-state index is -0.653. The summed E-state index contributed by atoms with van der Waals surface area (Å²) in [4.78, 5) is 31.4. The number of piperidine rings is 1. The van der Waals surface area contributed by atoms with Crippen LogP contribution in [0.2, 0.25) is 0 Å². The highest BCUT2D eigenvalue weighted by molar-refractivity contribution is 5.99. The van der Waals surface area contributed by atoms with Crippen molar-refractivity contribution in [2.45, 2.75) is 31.7 Å². The predicted molar refractivity (Wildman–Crippen MR) is 93.1 cm³/mol. The summed E-state index contributed by atoms with van der Waals surface area (Å²) in [5.74, 6) is -0.250. The lowest BCUT2D eigenvalue weighted by molar-refractivity contribution is -0.134. The molecule has 0 aromatic carbocycles. The van der Waals surface area contributed by atoms with Crippen LogP contribution in [0, 0.1) is 5.41 Å². The van der Waals surface area contributed by atoms with E-state index < -0.39 is 11.9 Å². The summed E-state index contributed by atoms with van der Waals surface area (Å²) in [6.45, 7) is 1.64. The number of hydrogen-bond acceptors (Lipinski definition) is 6. The Morgan fingerprint density at radius 3 is 2.58 bits per heavy atom. The van der Waals surface area contributed by atoms with E-state index in [-0.39, 0.29) is 17.2 Å². The molecular weight excluding hydrogens is 338 g/mol. The van der Waals surface area contributed by atoms with E-state index in [1.807, 2.05) is 0 Å². The molecule has 2 saturated heterocycles. The molecule has 3 heterocycles. The van der Waals surface area contributed by atoms with E-state index in [4.69, 9.17) is 19.9 Å². The maximum atomic E-state index is 13.2. The van der Waals surface area contributed by atoms with Gasteiger partial charge in [-0.15, -0.1) is 0 Å². The molecule has 8 heteroatoms. The first-order valence-electron chi connectivity index (χ1n) is 8.79. The molecule has 142 valence electrons. The maximum Gasteiger partial charge on any atom is 0.260 e. The van der Waals surface area contributed by atoms with Gasteiger partial charge in [-0.05, 0) is 31.7 Å². The number of pyridine rings is 1. The lowest BCUT2D eigenvalue weighted by Crippen LogP contribution is -2.61. The minimum absolute atomic E-state index is 0.171. The molecule has 0 aliphatic carbocycles. The fourth-order valence-electron chi connectivity index (χ4n) is 4.18. The van der Waals surface area contributed by atoms with Gasteiger partial charge in [-0.3, -0.25) is 9.59 Å². The number of amides is 2. The summed E-state index contributed by atoms with van der Waals surface area (Å²) in [5, 5.41) is 0. The molecule has 1 unspecified atom stereocenters. The monoisotopic (exact) mass is 363 g/mol. The van der Waals surface area contributed by atoms with Crippen LogP contribution < -0.4 is 15.2 Å². The van der Waals surface area contributed by atoms with Crippen molar-refractivity contribution < 1.29 is 23.8 Å². The number of rotatable bonds is 4. The topological polar surface area (TPSA) is 104 Å². The van der Waals surface area contributed by atoms with Gasteiger partial charge in [-0.1, -0.05) is 0 Å². The summed E-state index contributed by atoms with van der Waals surface area (Å²) < 4.78 is 15.8. The van der Waals surface area contributed by atoms with E-state index in [2.05, 4.69) is 4.98 Å². The Bertz CT molecular complexity index is 682. The number of ether oxygens (including phenoxy) is 3. The van der Waals surface area contributed by atoms with Crippen molar-refractivity contribution in [3.8, 4) is 11.8 Å². The van der Waals surface area contributed by atoms with E-state index in [0.717, 1.165) is 25.7 Å². The number of methoxy groups -OCH3 is 2. The fraction of sp³-hybridized carbons (Fsp3) is 0.611. The number of hydrogen-bond donors (Lipinski definition) is 1. The van der Waals surface area contributed by atoms with Crippen molar-refractivity contribution >= 4 is 11.8 Å². The van der Waals surface area contributed by atoms with Crippen LogP contribution in [-0.4, -0.2) is 61.7 Å². The fourth-order valence-corrected chi connectivity index (χ4v) is 4.18. The van der Waals surface area contributed by atoms with Gasteiger partial charge >= 0.3 is 0 Å². The molecule has 1 aromatic rings. The Labute approximate surface area is 152 Å². The molecule has 0 saturated carbocycles. The molecule has 1 spiro atoms. The second kappa shape index (κ2) is 7.49. The van der Waals surface area contributed by atoms with E-state index in [1.165, 1.54) is 14.2 Å². The van der Waals surface area contributed by atoms with Gasteiger partial charge in [0.05, 0.1) is 14.2 Å². The first-order chi connectivity index (χ1) is 12.5. The third-order valence-electron chi connectivity index (χ3n) is 5.45. The molecule has 1 atom stereocenters. The van der Waals surface area contributed by atoms with Crippen LogP contribution in [0.25, 0.3) is 0 Å². The van der Waals surface area contributed by atoms with Crippen molar-refractivity contribution in [1.82, 2.24) is 9.88 Å². The van der Waals surface area contributed by atoms with E-state index in [1.54, 1.807) is 17.0 Å². The Hall–Kier alpha value is -2.35. The number of likely N-dealkylation sites (tertiary alicyclic amines) is 1. The van der Waals surface area contributed by atoms with Crippen LogP contribution in [-0.2, 0) is 9.53 Å². The third kappa shape index (κ3) is 3.21. The second-order valence-electron chi connectivity index (χ2n) is 6.79. The average molecular weight is 363 g/mol. The maximum absolute atomic E-state index is 13.2. The average Bonchev–Trinajstić information content (AvgIpc) is 2.67. The Kier molecular flexibility index (Phi) is 5.31. The van der Waals surface area contributed by atoms with Crippen LogP contribution in [0.4, 0.5) is 0 Å². The summed E-state index contributed by atoms with van der Waals surface area (Å²) in [6, 6.07) is 2.55. The number of carbonyl (C=O) groups is 2. The highest BCUT2D eigenvalue weighted by atomic mass is 16.5. The zero-order valence-electron chi connectivity index (χ0n) is 15.2. The predicted octanol–water partition coefficient (Wildman–Crippen LogP) is 0.986. The van der Waals surface area contributed by atoms with Crippen molar-refractivity contribution in [2.75, 3.05) is 34.0 Å². The summed E-state index contributed by atoms with van der Waals surface area (Å²) in [6.07, 6.45) is 3.14. The Morgan fingerprint density at radius 2 is 1.96 bits per heavy atom. The van der Waals surface area contributed by atoms with Gasteiger partial charge < -0.3 is 24.8 Å². The Balaban J connectivity index is 1.96. The molecule has 0 radical (unpaired) electrons. The first kappa shape index (κ1) is 18.4. The molecule has 2 N–H and O–H groups in total. The van der Waals surface area contributed by atoms with Gasteiger partial charge in [0.25, 0.3) is 5.91 Å². The summed E-state index contributed by atoms with van der Waals surface area (Å²) in [7, 11) is 2.94. The number of aromatic nitrogens is 1. The van der Waals surface area contributed by atoms with E-state index in [9.17, 15) is 9.59 Å². The van der Waals surface area contributed by atoms with Gasteiger partial charge in [0.2, 0.25) is 17.7 Å². The Morgan fingerprint density at radius 1 is 1.23 bits per heavy atom. The number of primary amides is 1. The minimum Gasteiger partial charge on any atom is -0.481 e. The van der Waals surface area contributed by atoms with Crippen LogP contribution in [0.5, 0.6) is 11.8 Å². The van der Waals surface area contributed by atoms with Gasteiger partial charge in [0.1, 0.15) is 11.6 Å². The van der Waals surface area contributed by atoms with Crippen molar-refractivity contribution in [1.29, 1.82) is 0 Å². The van der Waals surface area contributed by atoms with Crippen molar-refractivity contribution in [3.63, 3.8) is 0 Å². The standard InChI is InChI=1S/C18H25N3O5/c1-24-13-5-4-12(16(20-13)25-2)17(23)21-9-3-6-18(14(21)15(19)22)7-10-26-11-8-18/h4-5,14H,3,6-11H2,1-2H3,(H2,19,22). The molecule has 26 heavy (non-hydrogen) atoms. The van der Waals surface area contributed by atoms with Crippen LogP contribution >= 0.6 is 0 Å². The van der Waals surface area contributed by atoms with Crippen molar-refractivity contribution in [2.24, 2.45) is 11.1 Å². The molecule has 0 bridgehead atoms. The SMILES string of the molecule is COc1ccc(C(=O)N2CCCC3(CCOCC3)C2C(N)=O)c(OC)n1. The number of nitrogens with two attached hydrogens (primary N) is 1. The quantitative estimate of drug-likeness (QED) is 0.855. The van der Waals surface area contributed by atoms with Gasteiger partial charge in [-0.25, -0.2) is 0 Å². The highest BCUT2D eigenvalue weighted by Gasteiger charge is 2.50.